The van der Waals surface area contributed by atoms with Crippen LogP contribution in [0.5, 0.6) is 0 Å². The van der Waals surface area contributed by atoms with E-state index in [1.54, 1.807) is 0 Å². The van der Waals surface area contributed by atoms with Gasteiger partial charge in [-0.3, -0.25) is 0 Å². The Morgan fingerprint density at radius 3 is 2.60 bits per heavy atom. The lowest BCUT2D eigenvalue weighted by molar-refractivity contribution is 0.222. The van der Waals surface area contributed by atoms with Crippen molar-refractivity contribution in [3.05, 3.63) is 5.89 Å². The van der Waals surface area contributed by atoms with Crippen molar-refractivity contribution in [1.29, 1.82) is 0 Å². The van der Waals surface area contributed by atoms with Crippen molar-refractivity contribution < 1.29 is 4.42 Å². The summed E-state index contributed by atoms with van der Waals surface area (Å²) in [5.74, 6) is 0.703. The van der Waals surface area contributed by atoms with Crippen molar-refractivity contribution >= 4 is 6.01 Å². The van der Waals surface area contributed by atoms with E-state index in [1.165, 1.54) is 38.5 Å². The summed E-state index contributed by atoms with van der Waals surface area (Å²) in [7, 11) is 0. The molecule has 1 aliphatic carbocycles. The van der Waals surface area contributed by atoms with Crippen molar-refractivity contribution in [1.82, 2.24) is 15.5 Å². The van der Waals surface area contributed by atoms with Crippen LogP contribution in [-0.2, 0) is 6.54 Å². The number of anilines is 1. The fourth-order valence-electron chi connectivity index (χ4n) is 3.61. The maximum Gasteiger partial charge on any atom is 0.318 e. The van der Waals surface area contributed by atoms with Crippen LogP contribution in [0.25, 0.3) is 0 Å². The number of piperidine rings is 1. The van der Waals surface area contributed by atoms with Gasteiger partial charge in [-0.1, -0.05) is 24.9 Å². The van der Waals surface area contributed by atoms with Crippen molar-refractivity contribution in [3.63, 3.8) is 0 Å². The van der Waals surface area contributed by atoms with Crippen molar-refractivity contribution in [2.24, 2.45) is 5.41 Å². The second-order valence-corrected chi connectivity index (χ2v) is 6.35. The lowest BCUT2D eigenvalue weighted by Gasteiger charge is -2.38. The van der Waals surface area contributed by atoms with Gasteiger partial charge in [-0.05, 0) is 44.1 Å². The van der Waals surface area contributed by atoms with E-state index in [9.17, 15) is 0 Å². The van der Waals surface area contributed by atoms with Gasteiger partial charge in [0.05, 0.1) is 6.54 Å². The zero-order valence-corrected chi connectivity index (χ0v) is 12.5. The molecule has 1 saturated heterocycles. The second kappa shape index (κ2) is 6.12. The highest BCUT2D eigenvalue weighted by Crippen LogP contribution is 2.46. The molecule has 112 valence electrons. The topological polar surface area (TPSA) is 54.2 Å². The second-order valence-electron chi connectivity index (χ2n) is 6.35. The molecule has 5 heteroatoms. The first-order valence-electron chi connectivity index (χ1n) is 8.09. The van der Waals surface area contributed by atoms with Gasteiger partial charge in [-0.2, -0.15) is 0 Å². The molecule has 2 heterocycles. The molecule has 0 unspecified atom stereocenters. The molecule has 1 N–H and O–H groups in total. The van der Waals surface area contributed by atoms with Gasteiger partial charge in [-0.25, -0.2) is 0 Å². The molecule has 0 bridgehead atoms. The van der Waals surface area contributed by atoms with Crippen LogP contribution in [0.1, 0.15) is 57.8 Å². The van der Waals surface area contributed by atoms with Crippen LogP contribution in [0.2, 0.25) is 0 Å². The maximum atomic E-state index is 5.76. The van der Waals surface area contributed by atoms with Crippen LogP contribution in [-0.4, -0.2) is 29.8 Å². The minimum absolute atomic E-state index is 0.641. The molecule has 1 saturated carbocycles. The van der Waals surface area contributed by atoms with Crippen LogP contribution in [0.4, 0.5) is 6.01 Å². The summed E-state index contributed by atoms with van der Waals surface area (Å²) in [5.41, 5.74) is 0.641. The van der Waals surface area contributed by atoms with Gasteiger partial charge in [0.2, 0.25) is 5.89 Å². The van der Waals surface area contributed by atoms with Gasteiger partial charge in [0.1, 0.15) is 0 Å². The molecule has 0 aromatic carbocycles. The number of hydrogen-bond donors (Lipinski definition) is 1. The van der Waals surface area contributed by atoms with Crippen LogP contribution >= 0.6 is 0 Å². The predicted molar refractivity (Wildman–Crippen MR) is 78.6 cm³/mol. The van der Waals surface area contributed by atoms with E-state index >= 15 is 0 Å². The molecule has 2 aliphatic rings. The number of nitrogens with zero attached hydrogens (tertiary/aromatic N) is 3. The van der Waals surface area contributed by atoms with Gasteiger partial charge in [-0.15, -0.1) is 5.10 Å². The predicted octanol–water partition coefficient (Wildman–Crippen LogP) is 2.73. The number of hydrogen-bond acceptors (Lipinski definition) is 5. The lowest BCUT2D eigenvalue weighted by atomic mass is 9.77. The summed E-state index contributed by atoms with van der Waals surface area (Å²) in [5, 5.41) is 11.6. The molecule has 5 nitrogen and oxygen atoms in total. The van der Waals surface area contributed by atoms with Crippen LogP contribution in [0.3, 0.4) is 0 Å². The van der Waals surface area contributed by atoms with E-state index in [0.717, 1.165) is 26.1 Å². The van der Waals surface area contributed by atoms with Gasteiger partial charge in [0, 0.05) is 13.1 Å². The normalized spacial score (nSPS) is 21.8. The molecule has 2 fully saturated rings. The highest BCUT2D eigenvalue weighted by atomic mass is 16.4. The first kappa shape index (κ1) is 13.9. The van der Waals surface area contributed by atoms with E-state index < -0.39 is 0 Å². The molecule has 3 rings (SSSR count). The molecule has 1 spiro atoms. The Balaban J connectivity index is 1.52. The molecule has 20 heavy (non-hydrogen) atoms. The molecule has 0 amide bonds. The SMILES string of the molecule is CCCNCc1nnc(N2CCC3(CCCC3)CC2)o1. The third kappa shape index (κ3) is 2.97. The summed E-state index contributed by atoms with van der Waals surface area (Å²) < 4.78 is 5.76. The molecular weight excluding hydrogens is 252 g/mol. The fraction of sp³-hybridized carbons (Fsp3) is 0.867. The van der Waals surface area contributed by atoms with Crippen LogP contribution in [0, 0.1) is 5.41 Å². The van der Waals surface area contributed by atoms with Crippen LogP contribution in [0.15, 0.2) is 4.42 Å². The standard InChI is InChI=1S/C15H26N4O/c1-2-9-16-12-13-17-18-14(20-13)19-10-7-15(8-11-19)5-3-4-6-15/h16H,2-12H2,1H3. The molecule has 1 aliphatic heterocycles. The van der Waals surface area contributed by atoms with Gasteiger partial charge in [0.25, 0.3) is 0 Å². The Morgan fingerprint density at radius 2 is 1.90 bits per heavy atom. The summed E-state index contributed by atoms with van der Waals surface area (Å²) in [6.45, 7) is 5.97. The first-order valence-corrected chi connectivity index (χ1v) is 8.09. The Labute approximate surface area is 121 Å². The summed E-state index contributed by atoms with van der Waals surface area (Å²) in [6.07, 6.45) is 9.40. The van der Waals surface area contributed by atoms with Gasteiger partial charge >= 0.3 is 6.01 Å². The average Bonchev–Trinajstić information content (AvgIpc) is 3.11. The zero-order chi connectivity index (χ0) is 13.8. The molecule has 1 aromatic rings. The highest BCUT2D eigenvalue weighted by Gasteiger charge is 2.37. The number of rotatable bonds is 5. The minimum Gasteiger partial charge on any atom is -0.407 e. The molecule has 0 radical (unpaired) electrons. The molecule has 1 aromatic heterocycles. The summed E-state index contributed by atoms with van der Waals surface area (Å²) in [6, 6.07) is 0.714. The summed E-state index contributed by atoms with van der Waals surface area (Å²) >= 11 is 0. The number of aromatic nitrogens is 2. The van der Waals surface area contributed by atoms with Crippen molar-refractivity contribution in [2.45, 2.75) is 58.4 Å². The minimum atomic E-state index is 0.641. The first-order chi connectivity index (χ1) is 9.81. The van der Waals surface area contributed by atoms with E-state index in [4.69, 9.17) is 4.42 Å². The fourth-order valence-corrected chi connectivity index (χ4v) is 3.61. The third-order valence-corrected chi connectivity index (χ3v) is 4.92. The summed E-state index contributed by atoms with van der Waals surface area (Å²) in [4.78, 5) is 2.26. The maximum absolute atomic E-state index is 5.76. The Bertz CT molecular complexity index is 415. The number of nitrogens with one attached hydrogen (secondary N) is 1. The Hall–Kier alpha value is -1.10. The zero-order valence-electron chi connectivity index (χ0n) is 12.5. The van der Waals surface area contributed by atoms with E-state index in [-0.39, 0.29) is 0 Å². The smallest absolute Gasteiger partial charge is 0.318 e. The molecule has 0 atom stereocenters. The largest absolute Gasteiger partial charge is 0.407 e. The molecular formula is C15H26N4O. The van der Waals surface area contributed by atoms with Gasteiger partial charge < -0.3 is 14.6 Å². The lowest BCUT2D eigenvalue weighted by Crippen LogP contribution is -2.39. The quantitative estimate of drug-likeness (QED) is 0.839. The third-order valence-electron chi connectivity index (χ3n) is 4.92. The highest BCUT2D eigenvalue weighted by molar-refractivity contribution is 5.25. The average molecular weight is 278 g/mol. The Kier molecular flexibility index (Phi) is 4.24. The van der Waals surface area contributed by atoms with Crippen molar-refractivity contribution in [2.75, 3.05) is 24.5 Å². The monoisotopic (exact) mass is 278 g/mol. The van der Waals surface area contributed by atoms with Crippen molar-refractivity contribution in [3.8, 4) is 0 Å². The van der Waals surface area contributed by atoms with E-state index in [2.05, 4.69) is 27.3 Å². The van der Waals surface area contributed by atoms with Crippen LogP contribution < -0.4 is 10.2 Å². The van der Waals surface area contributed by atoms with E-state index in [1.807, 2.05) is 0 Å². The van der Waals surface area contributed by atoms with E-state index in [0.29, 0.717) is 23.9 Å². The Morgan fingerprint density at radius 1 is 1.15 bits per heavy atom. The van der Waals surface area contributed by atoms with Gasteiger partial charge in [0.15, 0.2) is 0 Å².